The SMILES string of the molecule is CC(c1cccc(O)c1)N(CC1CCCN1)C1CC1. The Bertz CT molecular complexity index is 425. The van der Waals surface area contributed by atoms with Gasteiger partial charge in [-0.25, -0.2) is 0 Å². The van der Waals surface area contributed by atoms with Gasteiger partial charge in [-0.1, -0.05) is 12.1 Å². The number of nitrogens with zero attached hydrogens (tertiary/aromatic N) is 1. The summed E-state index contributed by atoms with van der Waals surface area (Å²) in [7, 11) is 0. The Morgan fingerprint density at radius 1 is 1.37 bits per heavy atom. The van der Waals surface area contributed by atoms with E-state index in [2.05, 4.69) is 23.2 Å². The maximum Gasteiger partial charge on any atom is 0.115 e. The molecule has 2 N–H and O–H groups in total. The van der Waals surface area contributed by atoms with Gasteiger partial charge in [-0.05, 0) is 56.8 Å². The standard InChI is InChI=1S/C16H24N2O/c1-12(13-4-2-6-16(19)10-13)18(15-7-8-15)11-14-5-3-9-17-14/h2,4,6,10,12,14-15,17,19H,3,5,7-9,11H2,1H3. The summed E-state index contributed by atoms with van der Waals surface area (Å²) in [5.74, 6) is 0.374. The van der Waals surface area contributed by atoms with E-state index in [0.717, 1.165) is 12.6 Å². The molecule has 0 spiro atoms. The second kappa shape index (κ2) is 5.51. The van der Waals surface area contributed by atoms with Crippen LogP contribution in [-0.2, 0) is 0 Å². The van der Waals surface area contributed by atoms with Gasteiger partial charge < -0.3 is 10.4 Å². The lowest BCUT2D eigenvalue weighted by molar-refractivity contribution is 0.182. The molecule has 0 radical (unpaired) electrons. The highest BCUT2D eigenvalue weighted by Gasteiger charge is 2.34. The smallest absolute Gasteiger partial charge is 0.115 e. The average molecular weight is 260 g/mol. The Balaban J connectivity index is 1.71. The van der Waals surface area contributed by atoms with Crippen LogP contribution in [0.2, 0.25) is 0 Å². The number of hydrogen-bond acceptors (Lipinski definition) is 3. The Hall–Kier alpha value is -1.06. The predicted octanol–water partition coefficient (Wildman–Crippen LogP) is 2.67. The van der Waals surface area contributed by atoms with Crippen molar-refractivity contribution in [1.82, 2.24) is 10.2 Å². The van der Waals surface area contributed by atoms with E-state index < -0.39 is 0 Å². The topological polar surface area (TPSA) is 35.5 Å². The molecule has 1 aromatic rings. The number of hydrogen-bond donors (Lipinski definition) is 2. The molecule has 0 bridgehead atoms. The van der Waals surface area contributed by atoms with Crippen molar-refractivity contribution < 1.29 is 5.11 Å². The fourth-order valence-electron chi connectivity index (χ4n) is 3.17. The summed E-state index contributed by atoms with van der Waals surface area (Å²) in [6.45, 7) is 4.58. The zero-order chi connectivity index (χ0) is 13.2. The van der Waals surface area contributed by atoms with Gasteiger partial charge in [-0.15, -0.1) is 0 Å². The monoisotopic (exact) mass is 260 g/mol. The van der Waals surface area contributed by atoms with E-state index in [1.54, 1.807) is 6.07 Å². The summed E-state index contributed by atoms with van der Waals surface area (Å²) in [5.41, 5.74) is 1.23. The van der Waals surface area contributed by atoms with Crippen LogP contribution < -0.4 is 5.32 Å². The third-order valence-electron chi connectivity index (χ3n) is 4.46. The quantitative estimate of drug-likeness (QED) is 0.854. The van der Waals surface area contributed by atoms with Crippen molar-refractivity contribution in [2.24, 2.45) is 0 Å². The first-order chi connectivity index (χ1) is 9.24. The Kier molecular flexibility index (Phi) is 3.76. The number of aromatic hydroxyl groups is 1. The Labute approximate surface area is 115 Å². The highest BCUT2D eigenvalue weighted by molar-refractivity contribution is 5.29. The summed E-state index contributed by atoms with van der Waals surface area (Å²) in [5, 5.41) is 13.2. The van der Waals surface area contributed by atoms with Gasteiger partial charge in [0, 0.05) is 24.7 Å². The number of rotatable bonds is 5. The van der Waals surface area contributed by atoms with Gasteiger partial charge in [-0.2, -0.15) is 0 Å². The molecule has 0 amide bonds. The summed E-state index contributed by atoms with van der Waals surface area (Å²) in [4.78, 5) is 2.62. The summed E-state index contributed by atoms with van der Waals surface area (Å²) < 4.78 is 0. The molecule has 1 aliphatic heterocycles. The fourth-order valence-corrected chi connectivity index (χ4v) is 3.17. The van der Waals surface area contributed by atoms with E-state index in [-0.39, 0.29) is 0 Å². The van der Waals surface area contributed by atoms with Crippen LogP contribution in [0.25, 0.3) is 0 Å². The molecular formula is C16H24N2O. The Morgan fingerprint density at radius 2 is 2.21 bits per heavy atom. The van der Waals surface area contributed by atoms with Crippen LogP contribution in [0.5, 0.6) is 5.75 Å². The van der Waals surface area contributed by atoms with E-state index in [1.807, 2.05) is 12.1 Å². The van der Waals surface area contributed by atoms with Gasteiger partial charge in [0.25, 0.3) is 0 Å². The van der Waals surface area contributed by atoms with Crippen LogP contribution in [0.3, 0.4) is 0 Å². The third kappa shape index (κ3) is 3.10. The van der Waals surface area contributed by atoms with E-state index in [1.165, 1.54) is 37.8 Å². The molecular weight excluding hydrogens is 236 g/mol. The molecule has 3 heteroatoms. The van der Waals surface area contributed by atoms with Gasteiger partial charge in [0.1, 0.15) is 5.75 Å². The molecule has 1 heterocycles. The predicted molar refractivity (Wildman–Crippen MR) is 77.3 cm³/mol. The normalized spacial score (nSPS) is 24.8. The molecule has 1 saturated heterocycles. The van der Waals surface area contributed by atoms with Gasteiger partial charge >= 0.3 is 0 Å². The minimum Gasteiger partial charge on any atom is -0.508 e. The molecule has 3 nitrogen and oxygen atoms in total. The number of phenols is 1. The third-order valence-corrected chi connectivity index (χ3v) is 4.46. The number of phenolic OH excluding ortho intramolecular Hbond substituents is 1. The first-order valence-electron chi connectivity index (χ1n) is 7.52. The molecule has 2 aliphatic rings. The van der Waals surface area contributed by atoms with Crippen LogP contribution in [0.15, 0.2) is 24.3 Å². The lowest BCUT2D eigenvalue weighted by Crippen LogP contribution is -2.40. The number of nitrogens with one attached hydrogen (secondary N) is 1. The second-order valence-corrected chi connectivity index (χ2v) is 5.99. The molecule has 104 valence electrons. The van der Waals surface area contributed by atoms with Crippen LogP contribution in [0.1, 0.15) is 44.2 Å². The van der Waals surface area contributed by atoms with E-state index in [0.29, 0.717) is 17.8 Å². The van der Waals surface area contributed by atoms with Crippen molar-refractivity contribution in [3.63, 3.8) is 0 Å². The maximum absolute atomic E-state index is 9.65. The summed E-state index contributed by atoms with van der Waals surface area (Å²) >= 11 is 0. The molecule has 2 fully saturated rings. The lowest BCUT2D eigenvalue weighted by Gasteiger charge is -2.32. The molecule has 0 aromatic heterocycles. The molecule has 1 aromatic carbocycles. The highest BCUT2D eigenvalue weighted by atomic mass is 16.3. The zero-order valence-electron chi connectivity index (χ0n) is 11.7. The molecule has 1 aliphatic carbocycles. The largest absolute Gasteiger partial charge is 0.508 e. The van der Waals surface area contributed by atoms with Gasteiger partial charge in [0.15, 0.2) is 0 Å². The highest BCUT2D eigenvalue weighted by Crippen LogP contribution is 2.35. The fraction of sp³-hybridized carbons (Fsp3) is 0.625. The number of benzene rings is 1. The summed E-state index contributed by atoms with van der Waals surface area (Å²) in [6.07, 6.45) is 5.27. The lowest BCUT2D eigenvalue weighted by atomic mass is 10.1. The van der Waals surface area contributed by atoms with Crippen LogP contribution in [0, 0.1) is 0 Å². The van der Waals surface area contributed by atoms with Gasteiger partial charge in [0.2, 0.25) is 0 Å². The van der Waals surface area contributed by atoms with Crippen molar-refractivity contribution in [3.05, 3.63) is 29.8 Å². The van der Waals surface area contributed by atoms with Crippen molar-refractivity contribution in [1.29, 1.82) is 0 Å². The second-order valence-electron chi connectivity index (χ2n) is 5.99. The van der Waals surface area contributed by atoms with Gasteiger partial charge in [0.05, 0.1) is 0 Å². The van der Waals surface area contributed by atoms with Crippen molar-refractivity contribution in [2.45, 2.75) is 50.7 Å². The van der Waals surface area contributed by atoms with Crippen LogP contribution in [0.4, 0.5) is 0 Å². The molecule has 3 rings (SSSR count). The minimum absolute atomic E-state index is 0.374. The maximum atomic E-state index is 9.65. The Morgan fingerprint density at radius 3 is 2.84 bits per heavy atom. The molecule has 19 heavy (non-hydrogen) atoms. The molecule has 2 unspecified atom stereocenters. The average Bonchev–Trinajstić information content (AvgIpc) is 3.12. The summed E-state index contributed by atoms with van der Waals surface area (Å²) in [6, 6.07) is 9.52. The molecule has 2 atom stereocenters. The molecule has 1 saturated carbocycles. The van der Waals surface area contributed by atoms with Crippen molar-refractivity contribution in [2.75, 3.05) is 13.1 Å². The van der Waals surface area contributed by atoms with Crippen molar-refractivity contribution >= 4 is 0 Å². The minimum atomic E-state index is 0.374. The first kappa shape index (κ1) is 12.9. The van der Waals surface area contributed by atoms with E-state index >= 15 is 0 Å². The van der Waals surface area contributed by atoms with E-state index in [4.69, 9.17) is 0 Å². The van der Waals surface area contributed by atoms with Crippen LogP contribution >= 0.6 is 0 Å². The first-order valence-corrected chi connectivity index (χ1v) is 7.52. The zero-order valence-corrected chi connectivity index (χ0v) is 11.7. The van der Waals surface area contributed by atoms with Crippen LogP contribution in [-0.4, -0.2) is 35.2 Å². The van der Waals surface area contributed by atoms with E-state index in [9.17, 15) is 5.11 Å². The van der Waals surface area contributed by atoms with Crippen molar-refractivity contribution in [3.8, 4) is 5.75 Å². The van der Waals surface area contributed by atoms with Gasteiger partial charge in [-0.3, -0.25) is 4.90 Å².